The number of amides is 1. The van der Waals surface area contributed by atoms with Crippen LogP contribution in [-0.2, 0) is 33.4 Å². The fourth-order valence-corrected chi connectivity index (χ4v) is 9.81. The van der Waals surface area contributed by atoms with Gasteiger partial charge in [0.1, 0.15) is 12.1 Å². The third-order valence-electron chi connectivity index (χ3n) is 12.9. The van der Waals surface area contributed by atoms with Crippen LogP contribution < -0.4 is 0 Å². The molecule has 0 spiro atoms. The number of cyclic esters (lactones) is 1. The van der Waals surface area contributed by atoms with E-state index >= 15 is 0 Å². The first kappa shape index (κ1) is 44.3. The molecular weight excluding hydrogens is 690 g/mol. The number of Topliss-reactive ketones (excluding diaryl/α,β-unsaturated/α-hetero) is 2. The van der Waals surface area contributed by atoms with Crippen molar-refractivity contribution in [1.29, 1.82) is 0 Å². The molecule has 1 saturated carbocycles. The fourth-order valence-electron chi connectivity index (χ4n) is 9.81. The normalized spacial score (nSPS) is 41.7. The summed E-state index contributed by atoms with van der Waals surface area (Å²) in [6.45, 7) is 15.7. The van der Waals surface area contributed by atoms with Crippen LogP contribution in [0.2, 0.25) is 0 Å². The number of hydrogen-bond acceptors (Lipinski definition) is 10. The Bertz CT molecular complexity index is 1390. The van der Waals surface area contributed by atoms with Crippen molar-refractivity contribution < 1.29 is 48.7 Å². The summed E-state index contributed by atoms with van der Waals surface area (Å²) in [4.78, 5) is 57.4. The van der Waals surface area contributed by atoms with Crippen molar-refractivity contribution in [3.8, 4) is 0 Å². The lowest BCUT2D eigenvalue weighted by atomic mass is 9.76. The molecule has 2 unspecified atom stereocenters. The highest BCUT2D eigenvalue weighted by molar-refractivity contribution is 6.39. The maximum atomic E-state index is 14.2. The highest BCUT2D eigenvalue weighted by Gasteiger charge is 2.55. The molecule has 306 valence electrons. The molecule has 0 aromatic carbocycles. The maximum absolute atomic E-state index is 14.2. The van der Waals surface area contributed by atoms with Crippen LogP contribution in [0.15, 0.2) is 23.3 Å². The summed E-state index contributed by atoms with van der Waals surface area (Å²) >= 11 is 0. The number of fused-ring (bicyclic) bond motifs is 3. The standard InChI is InChI=1S/C43H69NO10/c1-10-32-19-25(3)17-24(2)18-26(4)38-27(5)20-29(7)43(51,54-38)40(48)41(49)44-16-12-11-13-33(44)42(50)53-39(30(8)35(46)23-36(32)47)28(6)21-31-14-15-34(45)37(22-31)52-9/h19,21,24-27,29-31,33-35,37-39,45-46,51H,10-18,20,22-23H2,1-9H3/t24-,25?,26-,27-,29+,30+,31-,33?,34+,35-,37+,38+,39+,43+/m0/s1. The molecule has 54 heavy (non-hydrogen) atoms. The number of methoxy groups -OCH3 is 1. The van der Waals surface area contributed by atoms with Crippen LogP contribution in [0.1, 0.15) is 126 Å². The lowest BCUT2D eigenvalue weighted by Gasteiger charge is -2.46. The van der Waals surface area contributed by atoms with Crippen LogP contribution in [0.3, 0.4) is 0 Å². The summed E-state index contributed by atoms with van der Waals surface area (Å²) in [5, 5.41) is 34.0. The first-order valence-electron chi connectivity index (χ1n) is 20.7. The van der Waals surface area contributed by atoms with E-state index in [1.165, 1.54) is 4.90 Å². The van der Waals surface area contributed by atoms with E-state index in [1.807, 2.05) is 32.9 Å². The highest BCUT2D eigenvalue weighted by atomic mass is 16.6. The lowest BCUT2D eigenvalue weighted by Crippen LogP contribution is -2.62. The highest BCUT2D eigenvalue weighted by Crippen LogP contribution is 2.41. The predicted octanol–water partition coefficient (Wildman–Crippen LogP) is 5.72. The number of aliphatic hydroxyl groups is 3. The van der Waals surface area contributed by atoms with Crippen LogP contribution in [0.4, 0.5) is 0 Å². The fraction of sp³-hybridized carbons (Fsp3) is 0.814. The average molecular weight is 760 g/mol. The summed E-state index contributed by atoms with van der Waals surface area (Å²) in [5.74, 6) is -6.22. The Morgan fingerprint density at radius 1 is 0.944 bits per heavy atom. The van der Waals surface area contributed by atoms with Gasteiger partial charge in [0.05, 0.1) is 24.4 Å². The van der Waals surface area contributed by atoms with E-state index in [9.17, 15) is 34.5 Å². The second-order valence-electron chi connectivity index (χ2n) is 17.5. The molecule has 3 N–H and O–H groups in total. The lowest BCUT2D eigenvalue weighted by molar-refractivity contribution is -0.282. The van der Waals surface area contributed by atoms with E-state index in [2.05, 4.69) is 20.8 Å². The topological polar surface area (TPSA) is 160 Å². The quantitative estimate of drug-likeness (QED) is 0.184. The molecule has 11 nitrogen and oxygen atoms in total. The molecule has 3 aliphatic heterocycles. The van der Waals surface area contributed by atoms with Gasteiger partial charge in [-0.25, -0.2) is 4.79 Å². The van der Waals surface area contributed by atoms with Crippen molar-refractivity contribution in [2.45, 2.75) is 168 Å². The van der Waals surface area contributed by atoms with Gasteiger partial charge in [0.25, 0.3) is 11.7 Å². The Labute approximate surface area is 323 Å². The van der Waals surface area contributed by atoms with Crippen molar-refractivity contribution in [3.63, 3.8) is 0 Å². The first-order chi connectivity index (χ1) is 25.4. The van der Waals surface area contributed by atoms with Crippen LogP contribution in [0.5, 0.6) is 0 Å². The molecule has 3 fully saturated rings. The van der Waals surface area contributed by atoms with Gasteiger partial charge in [0, 0.05) is 31.9 Å². The van der Waals surface area contributed by atoms with E-state index in [0.29, 0.717) is 56.1 Å². The van der Waals surface area contributed by atoms with Crippen LogP contribution >= 0.6 is 0 Å². The minimum absolute atomic E-state index is 0.0181. The van der Waals surface area contributed by atoms with Gasteiger partial charge >= 0.3 is 5.97 Å². The summed E-state index contributed by atoms with van der Waals surface area (Å²) in [7, 11) is 1.57. The van der Waals surface area contributed by atoms with Crippen molar-refractivity contribution in [3.05, 3.63) is 23.3 Å². The van der Waals surface area contributed by atoms with Gasteiger partial charge < -0.3 is 34.4 Å². The van der Waals surface area contributed by atoms with E-state index < -0.39 is 65.7 Å². The van der Waals surface area contributed by atoms with Gasteiger partial charge in [-0.2, -0.15) is 0 Å². The van der Waals surface area contributed by atoms with Gasteiger partial charge in [-0.1, -0.05) is 60.6 Å². The van der Waals surface area contributed by atoms with Crippen molar-refractivity contribution in [1.82, 2.24) is 4.90 Å². The summed E-state index contributed by atoms with van der Waals surface area (Å²) in [6, 6.07) is -1.08. The van der Waals surface area contributed by atoms with Gasteiger partial charge in [-0.3, -0.25) is 14.4 Å². The predicted molar refractivity (Wildman–Crippen MR) is 205 cm³/mol. The van der Waals surface area contributed by atoms with E-state index in [0.717, 1.165) is 12.8 Å². The Morgan fingerprint density at radius 3 is 2.30 bits per heavy atom. The number of esters is 1. The monoisotopic (exact) mass is 759 g/mol. The number of carbonyl (C=O) groups is 4. The molecule has 4 rings (SSSR count). The average Bonchev–Trinajstić information content (AvgIpc) is 3.13. The van der Waals surface area contributed by atoms with Crippen LogP contribution in [0.25, 0.3) is 0 Å². The Hall–Kier alpha value is -2.44. The molecular formula is C43H69NO10. The minimum atomic E-state index is -2.34. The number of nitrogens with zero attached hydrogens (tertiary/aromatic N) is 1. The molecule has 0 aromatic rings. The number of hydrogen-bond donors (Lipinski definition) is 3. The van der Waals surface area contributed by atoms with Crippen molar-refractivity contribution >= 4 is 23.4 Å². The number of carbonyl (C=O) groups excluding carboxylic acids is 4. The van der Waals surface area contributed by atoms with E-state index in [4.69, 9.17) is 14.2 Å². The molecule has 0 aromatic heterocycles. The largest absolute Gasteiger partial charge is 0.456 e. The molecule has 11 heteroatoms. The number of piperidine rings is 1. The summed E-state index contributed by atoms with van der Waals surface area (Å²) in [6.07, 6.45) is 6.28. The van der Waals surface area contributed by atoms with Crippen molar-refractivity contribution in [2.24, 2.45) is 41.4 Å². The molecule has 2 saturated heterocycles. The van der Waals surface area contributed by atoms with Gasteiger partial charge in [-0.15, -0.1) is 0 Å². The third-order valence-corrected chi connectivity index (χ3v) is 12.9. The molecule has 1 aliphatic carbocycles. The van der Waals surface area contributed by atoms with Gasteiger partial charge in [0.15, 0.2) is 5.78 Å². The number of ketones is 2. The number of allylic oxidation sites excluding steroid dienone is 3. The second kappa shape index (κ2) is 19.1. The van der Waals surface area contributed by atoms with Crippen LogP contribution in [0, 0.1) is 41.4 Å². The van der Waals surface area contributed by atoms with Crippen LogP contribution in [-0.4, -0.2) is 99.7 Å². The number of rotatable bonds is 4. The smallest absolute Gasteiger partial charge is 0.329 e. The third kappa shape index (κ3) is 10.3. The zero-order chi connectivity index (χ0) is 40.1. The molecule has 0 radical (unpaired) electrons. The van der Waals surface area contributed by atoms with E-state index in [1.54, 1.807) is 21.0 Å². The Kier molecular flexibility index (Phi) is 15.7. The van der Waals surface area contributed by atoms with Crippen molar-refractivity contribution in [2.75, 3.05) is 13.7 Å². The summed E-state index contributed by atoms with van der Waals surface area (Å²) in [5.41, 5.74) is 1.34. The first-order valence-corrected chi connectivity index (χ1v) is 20.7. The van der Waals surface area contributed by atoms with Gasteiger partial charge in [0.2, 0.25) is 5.79 Å². The zero-order valence-corrected chi connectivity index (χ0v) is 34.3. The number of ether oxygens (including phenoxy) is 3. The Balaban J connectivity index is 1.74. The molecule has 4 aliphatic rings. The summed E-state index contributed by atoms with van der Waals surface area (Å²) < 4.78 is 18.1. The second-order valence-corrected chi connectivity index (χ2v) is 17.5. The molecule has 3 heterocycles. The van der Waals surface area contributed by atoms with E-state index in [-0.39, 0.29) is 60.9 Å². The molecule has 14 atom stereocenters. The molecule has 2 bridgehead atoms. The van der Waals surface area contributed by atoms with Gasteiger partial charge in [-0.05, 0) is 112 Å². The minimum Gasteiger partial charge on any atom is -0.456 e. The SMILES string of the molecule is CCC1=CC(C)C[C@H](C)C[C@H](C)[C@H]2O[C@@](O)(C(=O)C(=O)N3CCCCC3C(=O)O[C@H](C(C)=C[C@@H]3CC[C@@H](O)[C@H](OC)C3)[C@H](C)[C@@H](O)CC1=O)[C@H](C)C[C@@H]2C. The zero-order valence-electron chi connectivity index (χ0n) is 34.3. The number of aliphatic hydroxyl groups excluding tert-OH is 2. The molecule has 1 amide bonds. The Morgan fingerprint density at radius 2 is 1.63 bits per heavy atom. The maximum Gasteiger partial charge on any atom is 0.329 e.